The minimum absolute atomic E-state index is 0.229. The summed E-state index contributed by atoms with van der Waals surface area (Å²) < 4.78 is 13.0. The Morgan fingerprint density at radius 1 is 1.09 bits per heavy atom. The van der Waals surface area contributed by atoms with E-state index in [1.807, 2.05) is 42.3 Å². The first-order valence-electron chi connectivity index (χ1n) is 7.06. The molecule has 0 aliphatic carbocycles. The van der Waals surface area contributed by atoms with Gasteiger partial charge in [-0.3, -0.25) is 0 Å². The van der Waals surface area contributed by atoms with Gasteiger partial charge in [0.2, 0.25) is 5.69 Å². The summed E-state index contributed by atoms with van der Waals surface area (Å²) in [5.41, 5.74) is 1.94. The monoisotopic (exact) mass is 307 g/mol. The molecule has 23 heavy (non-hydrogen) atoms. The molecule has 2 aromatic carbocycles. The molecule has 0 bridgehead atoms. The molecular formula is C17H14FN5. The van der Waals surface area contributed by atoms with Crippen molar-refractivity contribution >= 4 is 5.82 Å². The van der Waals surface area contributed by atoms with Crippen molar-refractivity contribution in [3.05, 3.63) is 71.7 Å². The molecule has 5 nitrogen and oxygen atoms in total. The maximum atomic E-state index is 13.0. The quantitative estimate of drug-likeness (QED) is 0.743. The molecular weight excluding hydrogens is 293 g/mol. The molecule has 0 fully saturated rings. The van der Waals surface area contributed by atoms with E-state index in [1.165, 1.54) is 16.9 Å². The average Bonchev–Trinajstić information content (AvgIpc) is 3.01. The molecule has 1 heterocycles. The Bertz CT molecular complexity index is 834. The highest BCUT2D eigenvalue weighted by Crippen LogP contribution is 2.18. The molecule has 0 radical (unpaired) electrons. The van der Waals surface area contributed by atoms with Crippen LogP contribution in [0, 0.1) is 17.1 Å². The summed E-state index contributed by atoms with van der Waals surface area (Å²) in [6.07, 6.45) is 0. The highest BCUT2D eigenvalue weighted by Gasteiger charge is 2.16. The molecule has 3 aromatic rings. The van der Waals surface area contributed by atoms with Gasteiger partial charge in [-0.2, -0.15) is 5.26 Å². The maximum Gasteiger partial charge on any atom is 0.207 e. The Morgan fingerprint density at radius 2 is 1.78 bits per heavy atom. The van der Waals surface area contributed by atoms with Crippen molar-refractivity contribution in [3.8, 4) is 11.8 Å². The summed E-state index contributed by atoms with van der Waals surface area (Å²) in [4.78, 5) is 3.20. The Kier molecular flexibility index (Phi) is 4.02. The number of hydrogen-bond acceptors (Lipinski definition) is 4. The zero-order valence-corrected chi connectivity index (χ0v) is 12.5. The maximum absolute atomic E-state index is 13.0. The molecule has 0 N–H and O–H groups in total. The average molecular weight is 307 g/mol. The molecule has 6 heteroatoms. The van der Waals surface area contributed by atoms with Gasteiger partial charge in [-0.25, -0.2) is 4.39 Å². The van der Waals surface area contributed by atoms with Gasteiger partial charge in [0, 0.05) is 13.6 Å². The number of aromatic nitrogens is 3. The SMILES string of the molecule is CN(Cc1ccccc1)c1nn(-c2ccc(F)cc2)nc1C#N. The van der Waals surface area contributed by atoms with Gasteiger partial charge in [-0.1, -0.05) is 30.3 Å². The van der Waals surface area contributed by atoms with Crippen LogP contribution in [0.4, 0.5) is 10.2 Å². The van der Waals surface area contributed by atoms with E-state index in [0.29, 0.717) is 18.1 Å². The molecule has 0 saturated carbocycles. The third-order valence-electron chi connectivity index (χ3n) is 3.38. The molecule has 3 rings (SSSR count). The van der Waals surface area contributed by atoms with Gasteiger partial charge >= 0.3 is 0 Å². The van der Waals surface area contributed by atoms with Crippen molar-refractivity contribution in [3.63, 3.8) is 0 Å². The highest BCUT2D eigenvalue weighted by molar-refractivity contribution is 5.50. The van der Waals surface area contributed by atoms with Crippen molar-refractivity contribution in [2.75, 3.05) is 11.9 Å². The fourth-order valence-electron chi connectivity index (χ4n) is 2.25. The van der Waals surface area contributed by atoms with E-state index in [-0.39, 0.29) is 11.5 Å². The summed E-state index contributed by atoms with van der Waals surface area (Å²) in [5, 5.41) is 17.8. The lowest BCUT2D eigenvalue weighted by molar-refractivity contribution is 0.626. The minimum atomic E-state index is -0.331. The molecule has 0 aliphatic rings. The standard InChI is InChI=1S/C17H14FN5/c1-22(12-13-5-3-2-4-6-13)17-16(11-19)20-23(21-17)15-9-7-14(18)8-10-15/h2-10H,12H2,1H3. The van der Waals surface area contributed by atoms with E-state index in [1.54, 1.807) is 12.1 Å². The van der Waals surface area contributed by atoms with Gasteiger partial charge in [0.15, 0.2) is 5.82 Å². The molecule has 0 atom stereocenters. The third-order valence-corrected chi connectivity index (χ3v) is 3.38. The van der Waals surface area contributed by atoms with Gasteiger partial charge in [0.1, 0.15) is 11.9 Å². The van der Waals surface area contributed by atoms with Crippen LogP contribution in [0.3, 0.4) is 0 Å². The van der Waals surface area contributed by atoms with E-state index >= 15 is 0 Å². The fourth-order valence-corrected chi connectivity index (χ4v) is 2.25. The molecule has 0 amide bonds. The summed E-state index contributed by atoms with van der Waals surface area (Å²) >= 11 is 0. The number of nitrogens with zero attached hydrogens (tertiary/aromatic N) is 5. The Morgan fingerprint density at radius 3 is 2.43 bits per heavy atom. The molecule has 0 saturated heterocycles. The number of nitriles is 1. The Labute approximate surface area is 133 Å². The van der Waals surface area contributed by atoms with Gasteiger partial charge in [0.25, 0.3) is 0 Å². The summed E-state index contributed by atoms with van der Waals surface area (Å²) in [6, 6.07) is 17.7. The second-order valence-electron chi connectivity index (χ2n) is 5.09. The Balaban J connectivity index is 1.90. The largest absolute Gasteiger partial charge is 0.351 e. The van der Waals surface area contributed by atoms with Crippen LogP contribution in [0.1, 0.15) is 11.3 Å². The predicted octanol–water partition coefficient (Wildman–Crippen LogP) is 2.91. The van der Waals surface area contributed by atoms with Crippen LogP contribution in [0.15, 0.2) is 54.6 Å². The van der Waals surface area contributed by atoms with Crippen molar-refractivity contribution in [2.45, 2.75) is 6.54 Å². The van der Waals surface area contributed by atoms with Crippen LogP contribution in [0.2, 0.25) is 0 Å². The van der Waals surface area contributed by atoms with E-state index in [9.17, 15) is 9.65 Å². The molecule has 0 unspecified atom stereocenters. The van der Waals surface area contributed by atoms with E-state index < -0.39 is 0 Å². The normalized spacial score (nSPS) is 10.3. The fraction of sp³-hybridized carbons (Fsp3) is 0.118. The van der Waals surface area contributed by atoms with Crippen molar-refractivity contribution in [2.24, 2.45) is 0 Å². The number of hydrogen-bond donors (Lipinski definition) is 0. The number of halogens is 1. The first-order chi connectivity index (χ1) is 11.2. The lowest BCUT2D eigenvalue weighted by Crippen LogP contribution is -2.18. The zero-order valence-electron chi connectivity index (χ0n) is 12.5. The summed E-state index contributed by atoms with van der Waals surface area (Å²) in [6.45, 7) is 0.609. The summed E-state index contributed by atoms with van der Waals surface area (Å²) in [7, 11) is 1.85. The van der Waals surface area contributed by atoms with E-state index in [4.69, 9.17) is 0 Å². The van der Waals surface area contributed by atoms with E-state index in [0.717, 1.165) is 5.56 Å². The molecule has 1 aromatic heterocycles. The number of rotatable bonds is 4. The lowest BCUT2D eigenvalue weighted by atomic mass is 10.2. The summed E-state index contributed by atoms with van der Waals surface area (Å²) in [5.74, 6) is 0.156. The zero-order chi connectivity index (χ0) is 16.2. The van der Waals surface area contributed by atoms with Crippen LogP contribution >= 0.6 is 0 Å². The molecule has 0 aliphatic heterocycles. The first-order valence-corrected chi connectivity index (χ1v) is 7.06. The Hall–Kier alpha value is -3.20. The molecule has 114 valence electrons. The minimum Gasteiger partial charge on any atom is -0.351 e. The third kappa shape index (κ3) is 3.19. The number of anilines is 1. The number of benzene rings is 2. The van der Waals surface area contributed by atoms with Gasteiger partial charge in [-0.15, -0.1) is 15.0 Å². The highest BCUT2D eigenvalue weighted by atomic mass is 19.1. The van der Waals surface area contributed by atoms with Crippen molar-refractivity contribution in [1.29, 1.82) is 5.26 Å². The van der Waals surface area contributed by atoms with Crippen molar-refractivity contribution in [1.82, 2.24) is 15.0 Å². The van der Waals surface area contributed by atoms with Crippen LogP contribution in [0.25, 0.3) is 5.69 Å². The van der Waals surface area contributed by atoms with Gasteiger partial charge in [0.05, 0.1) is 5.69 Å². The lowest BCUT2D eigenvalue weighted by Gasteiger charge is -2.15. The van der Waals surface area contributed by atoms with Crippen molar-refractivity contribution < 1.29 is 4.39 Å². The second kappa shape index (κ2) is 6.28. The first kappa shape index (κ1) is 14.7. The van der Waals surface area contributed by atoms with E-state index in [2.05, 4.69) is 16.3 Å². The smallest absolute Gasteiger partial charge is 0.207 e. The topological polar surface area (TPSA) is 57.7 Å². The van der Waals surface area contributed by atoms with Gasteiger partial charge < -0.3 is 4.90 Å². The van der Waals surface area contributed by atoms with Crippen LogP contribution in [-0.2, 0) is 6.54 Å². The van der Waals surface area contributed by atoms with Gasteiger partial charge in [-0.05, 0) is 29.8 Å². The van der Waals surface area contributed by atoms with Crippen LogP contribution in [0.5, 0.6) is 0 Å². The molecule has 0 spiro atoms. The predicted molar refractivity (Wildman–Crippen MR) is 84.6 cm³/mol. The van der Waals surface area contributed by atoms with Crippen LogP contribution in [-0.4, -0.2) is 22.0 Å². The van der Waals surface area contributed by atoms with Crippen LogP contribution < -0.4 is 4.90 Å². The second-order valence-corrected chi connectivity index (χ2v) is 5.09.